The molecule has 0 radical (unpaired) electrons. The molecule has 0 unspecified atom stereocenters. The summed E-state index contributed by atoms with van der Waals surface area (Å²) in [6, 6.07) is 11.9. The maximum absolute atomic E-state index is 13.6. The molecular formula is C36H45BrFN3O2. The first kappa shape index (κ1) is 31.6. The van der Waals surface area contributed by atoms with Crippen molar-refractivity contribution >= 4 is 27.6 Å². The Hall–Kier alpha value is -2.77. The molecule has 1 saturated heterocycles. The van der Waals surface area contributed by atoms with Gasteiger partial charge in [-0.15, -0.1) is 0 Å². The van der Waals surface area contributed by atoms with Gasteiger partial charge in [0.05, 0.1) is 23.9 Å². The summed E-state index contributed by atoms with van der Waals surface area (Å²) in [5.41, 5.74) is 11.5. The van der Waals surface area contributed by atoms with Crippen LogP contribution in [0.3, 0.4) is 0 Å². The van der Waals surface area contributed by atoms with E-state index < -0.39 is 0 Å². The van der Waals surface area contributed by atoms with Gasteiger partial charge in [0.25, 0.3) is 0 Å². The topological polar surface area (TPSA) is 45.7 Å². The van der Waals surface area contributed by atoms with Crippen LogP contribution in [0.4, 0.5) is 10.1 Å². The Bertz CT molecular complexity index is 1490. The van der Waals surface area contributed by atoms with Crippen LogP contribution in [0.1, 0.15) is 79.7 Å². The molecule has 3 heterocycles. The lowest BCUT2D eigenvalue weighted by Gasteiger charge is -2.40. The molecule has 2 aromatic carbocycles. The van der Waals surface area contributed by atoms with E-state index >= 15 is 0 Å². The molecule has 7 heteroatoms. The van der Waals surface area contributed by atoms with Crippen molar-refractivity contribution in [3.8, 4) is 11.1 Å². The van der Waals surface area contributed by atoms with Crippen LogP contribution in [-0.4, -0.2) is 41.6 Å². The molecule has 5 rings (SSSR count). The fourth-order valence-electron chi connectivity index (χ4n) is 6.51. The highest BCUT2D eigenvalue weighted by atomic mass is 79.9. The molecule has 0 spiro atoms. The average Bonchev–Trinajstić information content (AvgIpc) is 2.95. The van der Waals surface area contributed by atoms with E-state index in [0.29, 0.717) is 10.7 Å². The maximum Gasteiger partial charge on any atom is 0.310 e. The standard InChI is InChI=1S/C36H45BrFN3O2/c1-23(2)43-33(42)19-31-25(4)39-32(20-37)34(35(31)41-15-12-36(5,6)13-16-41)27-7-8-29-22-40(14-11-26(29)18-27)21-28-9-10-30(38)17-24(28)3/h7-10,17-18,23H,11-16,19-22H2,1-6H3. The molecule has 5 nitrogen and oxygen atoms in total. The van der Waals surface area contributed by atoms with Gasteiger partial charge in [0.2, 0.25) is 0 Å². The van der Waals surface area contributed by atoms with Gasteiger partial charge in [0.1, 0.15) is 5.82 Å². The van der Waals surface area contributed by atoms with Crippen molar-refractivity contribution < 1.29 is 13.9 Å². The minimum atomic E-state index is -0.210. The maximum atomic E-state index is 13.6. The Morgan fingerprint density at radius 3 is 2.49 bits per heavy atom. The molecule has 230 valence electrons. The zero-order chi connectivity index (χ0) is 30.9. The van der Waals surface area contributed by atoms with Crippen LogP contribution in [0, 0.1) is 25.1 Å². The van der Waals surface area contributed by atoms with E-state index in [9.17, 15) is 9.18 Å². The van der Waals surface area contributed by atoms with E-state index in [1.807, 2.05) is 33.8 Å². The van der Waals surface area contributed by atoms with E-state index in [1.165, 1.54) is 16.7 Å². The number of anilines is 1. The number of benzene rings is 2. The summed E-state index contributed by atoms with van der Waals surface area (Å²) in [4.78, 5) is 23.0. The Morgan fingerprint density at radius 1 is 1.07 bits per heavy atom. The second-order valence-corrected chi connectivity index (χ2v) is 13.9. The number of nitrogens with zero attached hydrogens (tertiary/aromatic N) is 3. The quantitative estimate of drug-likeness (QED) is 0.182. The number of aromatic nitrogens is 1. The zero-order valence-electron chi connectivity index (χ0n) is 26.5. The fraction of sp³-hybridized carbons (Fsp3) is 0.500. The summed E-state index contributed by atoms with van der Waals surface area (Å²) in [6.07, 6.45) is 3.20. The number of aryl methyl sites for hydroxylation is 2. The van der Waals surface area contributed by atoms with Gasteiger partial charge in [-0.25, -0.2) is 4.39 Å². The normalized spacial score (nSPS) is 16.8. The van der Waals surface area contributed by atoms with Gasteiger partial charge >= 0.3 is 5.97 Å². The van der Waals surface area contributed by atoms with Crippen LogP contribution in [0.15, 0.2) is 36.4 Å². The van der Waals surface area contributed by atoms with Crippen molar-refractivity contribution in [2.75, 3.05) is 24.5 Å². The van der Waals surface area contributed by atoms with Crippen LogP contribution in [0.2, 0.25) is 0 Å². The highest BCUT2D eigenvalue weighted by Gasteiger charge is 2.31. The molecule has 2 aliphatic heterocycles. The van der Waals surface area contributed by atoms with Crippen LogP contribution in [0.5, 0.6) is 0 Å². The van der Waals surface area contributed by atoms with Crippen LogP contribution < -0.4 is 4.90 Å². The van der Waals surface area contributed by atoms with Gasteiger partial charge in [0, 0.05) is 54.9 Å². The number of carbonyl (C=O) groups is 1. The first-order valence-corrected chi connectivity index (χ1v) is 16.7. The second kappa shape index (κ2) is 13.1. The lowest BCUT2D eigenvalue weighted by atomic mass is 9.82. The van der Waals surface area contributed by atoms with E-state index in [1.54, 1.807) is 12.1 Å². The zero-order valence-corrected chi connectivity index (χ0v) is 28.1. The number of rotatable bonds is 8. The molecule has 1 fully saturated rings. The Kier molecular flexibility index (Phi) is 9.62. The van der Waals surface area contributed by atoms with E-state index in [4.69, 9.17) is 9.72 Å². The van der Waals surface area contributed by atoms with Gasteiger partial charge in [-0.1, -0.05) is 54.0 Å². The number of hydrogen-bond acceptors (Lipinski definition) is 5. The molecule has 0 saturated carbocycles. The van der Waals surface area contributed by atoms with Crippen molar-refractivity contribution in [2.45, 2.75) is 91.7 Å². The van der Waals surface area contributed by atoms with Crippen molar-refractivity contribution in [2.24, 2.45) is 5.41 Å². The Morgan fingerprint density at radius 2 is 1.81 bits per heavy atom. The van der Waals surface area contributed by atoms with Gasteiger partial charge in [0.15, 0.2) is 0 Å². The molecule has 1 aromatic heterocycles. The van der Waals surface area contributed by atoms with E-state index in [-0.39, 0.29) is 24.3 Å². The molecule has 0 N–H and O–H groups in total. The highest BCUT2D eigenvalue weighted by molar-refractivity contribution is 9.08. The minimum Gasteiger partial charge on any atom is -0.463 e. The monoisotopic (exact) mass is 649 g/mol. The molecule has 3 aromatic rings. The number of alkyl halides is 1. The van der Waals surface area contributed by atoms with Crippen molar-refractivity contribution in [3.05, 3.63) is 81.4 Å². The molecule has 0 bridgehead atoms. The number of carbonyl (C=O) groups excluding carboxylic acids is 1. The SMILES string of the molecule is Cc1cc(F)ccc1CN1CCc2cc(-c3c(CBr)nc(C)c(CC(=O)OC(C)C)c3N3CCC(C)(C)CC3)ccc2C1. The number of ether oxygens (including phenoxy) is 1. The summed E-state index contributed by atoms with van der Waals surface area (Å²) in [6.45, 7) is 17.0. The third kappa shape index (κ3) is 7.31. The van der Waals surface area contributed by atoms with Gasteiger partial charge < -0.3 is 9.64 Å². The predicted octanol–water partition coefficient (Wildman–Crippen LogP) is 8.08. The average molecular weight is 651 g/mol. The Labute approximate surface area is 265 Å². The third-order valence-electron chi connectivity index (χ3n) is 9.08. The minimum absolute atomic E-state index is 0.159. The molecule has 0 atom stereocenters. The van der Waals surface area contributed by atoms with Gasteiger partial charge in [-0.05, 0) is 92.3 Å². The fourth-order valence-corrected chi connectivity index (χ4v) is 6.92. The predicted molar refractivity (Wildman–Crippen MR) is 176 cm³/mol. The number of hydrogen-bond donors (Lipinski definition) is 0. The number of halogens is 2. The lowest BCUT2D eigenvalue weighted by Crippen LogP contribution is -2.38. The molecule has 0 amide bonds. The smallest absolute Gasteiger partial charge is 0.310 e. The Balaban J connectivity index is 1.52. The third-order valence-corrected chi connectivity index (χ3v) is 9.61. The highest BCUT2D eigenvalue weighted by Crippen LogP contribution is 2.43. The largest absolute Gasteiger partial charge is 0.463 e. The summed E-state index contributed by atoms with van der Waals surface area (Å²) >= 11 is 3.75. The molecule has 43 heavy (non-hydrogen) atoms. The molecule has 0 aliphatic carbocycles. The van der Waals surface area contributed by atoms with Gasteiger partial charge in [-0.2, -0.15) is 0 Å². The number of fused-ring (bicyclic) bond motifs is 1. The number of piperidine rings is 1. The van der Waals surface area contributed by atoms with Crippen LogP contribution >= 0.6 is 15.9 Å². The second-order valence-electron chi connectivity index (χ2n) is 13.4. The molecule has 2 aliphatic rings. The summed E-state index contributed by atoms with van der Waals surface area (Å²) in [5.74, 6) is -0.392. The van der Waals surface area contributed by atoms with Crippen LogP contribution in [0.25, 0.3) is 11.1 Å². The van der Waals surface area contributed by atoms with E-state index in [0.717, 1.165) is 91.3 Å². The number of pyridine rings is 1. The first-order chi connectivity index (χ1) is 20.4. The van der Waals surface area contributed by atoms with Crippen LogP contribution in [-0.2, 0) is 40.8 Å². The first-order valence-electron chi connectivity index (χ1n) is 15.6. The number of esters is 1. The van der Waals surface area contributed by atoms with Crippen molar-refractivity contribution in [1.29, 1.82) is 0 Å². The summed E-state index contributed by atoms with van der Waals surface area (Å²) in [7, 11) is 0. The van der Waals surface area contributed by atoms with Crippen molar-refractivity contribution in [1.82, 2.24) is 9.88 Å². The lowest BCUT2D eigenvalue weighted by molar-refractivity contribution is -0.146. The van der Waals surface area contributed by atoms with E-state index in [2.05, 4.69) is 57.8 Å². The van der Waals surface area contributed by atoms with Crippen molar-refractivity contribution in [3.63, 3.8) is 0 Å². The van der Waals surface area contributed by atoms with Gasteiger partial charge in [-0.3, -0.25) is 14.7 Å². The summed E-state index contributed by atoms with van der Waals surface area (Å²) in [5, 5.41) is 0.633. The molecular weight excluding hydrogens is 605 g/mol. The summed E-state index contributed by atoms with van der Waals surface area (Å²) < 4.78 is 19.3.